The second-order valence-corrected chi connectivity index (χ2v) is 6.14. The maximum absolute atomic E-state index is 6.30. The Morgan fingerprint density at radius 3 is 2.87 bits per heavy atom. The van der Waals surface area contributed by atoms with E-state index in [0.717, 1.165) is 5.56 Å². The van der Waals surface area contributed by atoms with E-state index >= 15 is 0 Å². The second-order valence-electron chi connectivity index (χ2n) is 4.88. The summed E-state index contributed by atoms with van der Waals surface area (Å²) in [5.74, 6) is 1.60. The number of ether oxygens (including phenoxy) is 2. The molecule has 0 radical (unpaired) electrons. The number of aromatic nitrogens is 1. The minimum atomic E-state index is 0.00301. The van der Waals surface area contributed by atoms with E-state index in [2.05, 4.69) is 15.5 Å². The van der Waals surface area contributed by atoms with Crippen molar-refractivity contribution < 1.29 is 9.47 Å². The first kappa shape index (κ1) is 17.4. The van der Waals surface area contributed by atoms with Gasteiger partial charge in [0.15, 0.2) is 11.5 Å². The van der Waals surface area contributed by atoms with Crippen molar-refractivity contribution in [1.29, 1.82) is 0 Å². The fourth-order valence-corrected chi connectivity index (χ4v) is 2.59. The van der Waals surface area contributed by atoms with E-state index in [0.29, 0.717) is 34.1 Å². The molecule has 0 aliphatic carbocycles. The average Bonchev–Trinajstić information content (AvgIpc) is 2.88. The molecule has 0 unspecified atom stereocenters. The van der Waals surface area contributed by atoms with Gasteiger partial charge >= 0.3 is 0 Å². The second kappa shape index (κ2) is 8.03. The minimum absolute atomic E-state index is 0.00301. The van der Waals surface area contributed by atoms with Crippen molar-refractivity contribution in [3.63, 3.8) is 0 Å². The molecule has 8 heteroatoms. The first-order chi connectivity index (χ1) is 11.0. The molecular weight excluding hydrogens is 336 g/mol. The van der Waals surface area contributed by atoms with Gasteiger partial charge < -0.3 is 15.2 Å². The van der Waals surface area contributed by atoms with Crippen LogP contribution in [0.1, 0.15) is 26.3 Å². The summed E-state index contributed by atoms with van der Waals surface area (Å²) in [4.78, 5) is 4.05. The zero-order valence-electron chi connectivity index (χ0n) is 13.2. The van der Waals surface area contributed by atoms with Crippen molar-refractivity contribution in [2.45, 2.75) is 26.9 Å². The van der Waals surface area contributed by atoms with Crippen molar-refractivity contribution in [1.82, 2.24) is 4.98 Å². The molecule has 1 heterocycles. The van der Waals surface area contributed by atoms with Crippen molar-refractivity contribution in [2.75, 3.05) is 17.8 Å². The summed E-state index contributed by atoms with van der Waals surface area (Å²) >= 11 is 7.68. The maximum atomic E-state index is 6.30. The third-order valence-electron chi connectivity index (χ3n) is 2.58. The Hall–Kier alpha value is -1.99. The van der Waals surface area contributed by atoms with Crippen LogP contribution in [-0.4, -0.2) is 23.9 Å². The molecule has 0 saturated carbocycles. The maximum Gasteiger partial charge on any atom is 0.205 e. The SMILES string of the molecule is CCOc1cc(C=NNc2nc(N)cs2)cc(Cl)c1OC(C)C. The number of rotatable bonds is 7. The van der Waals surface area contributed by atoms with Crippen molar-refractivity contribution in [3.05, 3.63) is 28.1 Å². The Balaban J connectivity index is 2.18. The zero-order chi connectivity index (χ0) is 16.8. The van der Waals surface area contributed by atoms with Crippen LogP contribution in [-0.2, 0) is 0 Å². The number of nitrogens with two attached hydrogens (primary N) is 1. The molecule has 0 aliphatic rings. The summed E-state index contributed by atoms with van der Waals surface area (Å²) in [6.45, 7) is 6.29. The number of hydrogen-bond donors (Lipinski definition) is 2. The lowest BCUT2D eigenvalue weighted by atomic mass is 10.2. The van der Waals surface area contributed by atoms with Gasteiger partial charge in [-0.1, -0.05) is 11.6 Å². The molecule has 124 valence electrons. The highest BCUT2D eigenvalue weighted by Crippen LogP contribution is 2.37. The van der Waals surface area contributed by atoms with Crippen LogP contribution in [0, 0.1) is 0 Å². The smallest absolute Gasteiger partial charge is 0.205 e. The standard InChI is InChI=1S/C15H19ClN4O2S/c1-4-21-12-6-10(5-11(16)14(12)22-9(2)3)7-18-20-15-19-13(17)8-23-15/h5-9H,4,17H2,1-3H3,(H,19,20). The van der Waals surface area contributed by atoms with Crippen LogP contribution in [0.5, 0.6) is 11.5 Å². The summed E-state index contributed by atoms with van der Waals surface area (Å²) in [5, 5.41) is 6.95. The first-order valence-electron chi connectivity index (χ1n) is 7.12. The number of nitrogen functional groups attached to an aromatic ring is 1. The molecule has 0 spiro atoms. The highest BCUT2D eigenvalue weighted by Gasteiger charge is 2.13. The highest BCUT2D eigenvalue weighted by molar-refractivity contribution is 7.14. The summed E-state index contributed by atoms with van der Waals surface area (Å²) in [5.41, 5.74) is 9.15. The van der Waals surface area contributed by atoms with E-state index in [4.69, 9.17) is 26.8 Å². The monoisotopic (exact) mass is 354 g/mol. The Labute approximate surface area is 144 Å². The lowest BCUT2D eigenvalue weighted by Gasteiger charge is -2.16. The summed E-state index contributed by atoms with van der Waals surface area (Å²) in [7, 11) is 0. The van der Waals surface area contributed by atoms with Gasteiger partial charge in [0.05, 0.1) is 23.9 Å². The molecule has 2 aromatic rings. The van der Waals surface area contributed by atoms with Crippen LogP contribution in [0.2, 0.25) is 5.02 Å². The van der Waals surface area contributed by atoms with Gasteiger partial charge in [-0.3, -0.25) is 5.43 Å². The van der Waals surface area contributed by atoms with Crippen LogP contribution < -0.4 is 20.6 Å². The van der Waals surface area contributed by atoms with E-state index in [1.807, 2.05) is 26.8 Å². The van der Waals surface area contributed by atoms with Gasteiger partial charge in [-0.2, -0.15) is 5.10 Å². The molecule has 1 aromatic heterocycles. The van der Waals surface area contributed by atoms with Gasteiger partial charge in [-0.25, -0.2) is 4.98 Å². The molecule has 6 nitrogen and oxygen atoms in total. The zero-order valence-corrected chi connectivity index (χ0v) is 14.7. The van der Waals surface area contributed by atoms with Crippen LogP contribution in [0.25, 0.3) is 0 Å². The molecule has 0 aliphatic heterocycles. The van der Waals surface area contributed by atoms with E-state index in [-0.39, 0.29) is 6.10 Å². The number of nitrogens with one attached hydrogen (secondary N) is 1. The van der Waals surface area contributed by atoms with E-state index in [1.54, 1.807) is 17.7 Å². The molecule has 2 rings (SSSR count). The molecule has 23 heavy (non-hydrogen) atoms. The summed E-state index contributed by atoms with van der Waals surface area (Å²) in [6, 6.07) is 3.59. The molecule has 0 saturated heterocycles. The summed E-state index contributed by atoms with van der Waals surface area (Å²) in [6.07, 6.45) is 1.63. The van der Waals surface area contributed by atoms with Crippen LogP contribution in [0.3, 0.4) is 0 Å². The fraction of sp³-hybridized carbons (Fsp3) is 0.333. The van der Waals surface area contributed by atoms with Crippen molar-refractivity contribution in [2.24, 2.45) is 5.10 Å². The van der Waals surface area contributed by atoms with Gasteiger partial charge in [-0.05, 0) is 38.5 Å². The number of benzene rings is 1. The molecule has 0 atom stereocenters. The number of thiazole rings is 1. The number of halogens is 1. The minimum Gasteiger partial charge on any atom is -0.490 e. The molecular formula is C15H19ClN4O2S. The Morgan fingerprint density at radius 1 is 1.48 bits per heavy atom. The quantitative estimate of drug-likeness (QED) is 0.580. The average molecular weight is 355 g/mol. The van der Waals surface area contributed by atoms with Crippen LogP contribution in [0.15, 0.2) is 22.6 Å². The van der Waals surface area contributed by atoms with Gasteiger partial charge in [0.2, 0.25) is 5.13 Å². The van der Waals surface area contributed by atoms with Crippen molar-refractivity contribution in [3.8, 4) is 11.5 Å². The van der Waals surface area contributed by atoms with Gasteiger partial charge in [-0.15, -0.1) is 11.3 Å². The third kappa shape index (κ3) is 5.01. The van der Waals surface area contributed by atoms with E-state index < -0.39 is 0 Å². The number of hydrogen-bond acceptors (Lipinski definition) is 7. The molecule has 0 amide bonds. The largest absolute Gasteiger partial charge is 0.490 e. The molecule has 0 fully saturated rings. The summed E-state index contributed by atoms with van der Waals surface area (Å²) < 4.78 is 11.3. The van der Waals surface area contributed by atoms with Crippen LogP contribution in [0.4, 0.5) is 10.9 Å². The molecule has 3 N–H and O–H groups in total. The normalized spacial score (nSPS) is 11.2. The number of nitrogens with zero attached hydrogens (tertiary/aromatic N) is 2. The number of hydrazone groups is 1. The third-order valence-corrected chi connectivity index (χ3v) is 3.63. The van der Waals surface area contributed by atoms with Gasteiger partial charge in [0.25, 0.3) is 0 Å². The predicted molar refractivity (Wildman–Crippen MR) is 96.1 cm³/mol. The van der Waals surface area contributed by atoms with Crippen molar-refractivity contribution >= 4 is 40.1 Å². The Kier molecular flexibility index (Phi) is 6.06. The predicted octanol–water partition coefficient (Wildman–Crippen LogP) is 4.01. The Bertz CT molecular complexity index is 688. The van der Waals surface area contributed by atoms with E-state index in [1.165, 1.54) is 11.3 Å². The van der Waals surface area contributed by atoms with E-state index in [9.17, 15) is 0 Å². The highest BCUT2D eigenvalue weighted by atomic mass is 35.5. The lowest BCUT2D eigenvalue weighted by molar-refractivity contribution is 0.224. The lowest BCUT2D eigenvalue weighted by Crippen LogP contribution is -2.08. The molecule has 0 bridgehead atoms. The topological polar surface area (TPSA) is 81.8 Å². The van der Waals surface area contributed by atoms with Gasteiger partial charge in [0, 0.05) is 5.38 Å². The number of anilines is 2. The van der Waals surface area contributed by atoms with Gasteiger partial charge in [0.1, 0.15) is 5.82 Å². The van der Waals surface area contributed by atoms with Crippen LogP contribution >= 0.6 is 22.9 Å². The first-order valence-corrected chi connectivity index (χ1v) is 8.38. The Morgan fingerprint density at radius 2 is 2.26 bits per heavy atom. The molecule has 1 aromatic carbocycles. The fourth-order valence-electron chi connectivity index (χ4n) is 1.78.